The second kappa shape index (κ2) is 7.85. The van der Waals surface area contributed by atoms with E-state index in [1.807, 2.05) is 12.1 Å². The summed E-state index contributed by atoms with van der Waals surface area (Å²) in [6, 6.07) is 7.98. The lowest BCUT2D eigenvalue weighted by Gasteiger charge is -2.26. The van der Waals surface area contributed by atoms with E-state index in [-0.39, 0.29) is 0 Å². The van der Waals surface area contributed by atoms with Crippen molar-refractivity contribution in [1.82, 2.24) is 15.7 Å². The van der Waals surface area contributed by atoms with Crippen molar-refractivity contribution in [2.24, 2.45) is 0 Å². The van der Waals surface area contributed by atoms with Gasteiger partial charge in [-0.3, -0.25) is 14.9 Å². The lowest BCUT2D eigenvalue weighted by atomic mass is 10.1. The fourth-order valence-corrected chi connectivity index (χ4v) is 3.60. The van der Waals surface area contributed by atoms with E-state index in [1.165, 1.54) is 16.9 Å². The van der Waals surface area contributed by atoms with Gasteiger partial charge in [0.25, 0.3) is 5.91 Å². The van der Waals surface area contributed by atoms with Crippen molar-refractivity contribution in [3.8, 4) is 0 Å². The number of hydrogen-bond donors (Lipinski definition) is 3. The van der Waals surface area contributed by atoms with Crippen molar-refractivity contribution in [2.75, 3.05) is 39.4 Å². The van der Waals surface area contributed by atoms with Crippen molar-refractivity contribution in [1.29, 1.82) is 0 Å². The maximum atomic E-state index is 11.5. The molecule has 1 aromatic carbocycles. The number of thiophene rings is 1. The standard InChI is InChI=1S/C16H21N3O3S/c20-16(18-21)15-10-13-9-12(1-2-14(13)23-15)11-17-3-4-19-5-7-22-8-6-19/h1-2,9-10,17,21H,3-8,11H2,(H,18,20). The van der Waals surface area contributed by atoms with Gasteiger partial charge >= 0.3 is 0 Å². The van der Waals surface area contributed by atoms with Crippen LogP contribution in [0.15, 0.2) is 24.3 Å². The van der Waals surface area contributed by atoms with Crippen LogP contribution in [0.5, 0.6) is 0 Å². The minimum atomic E-state index is -0.462. The van der Waals surface area contributed by atoms with Crippen LogP contribution in [-0.4, -0.2) is 55.4 Å². The summed E-state index contributed by atoms with van der Waals surface area (Å²) in [7, 11) is 0. The van der Waals surface area contributed by atoms with Gasteiger partial charge in [0.15, 0.2) is 0 Å². The van der Waals surface area contributed by atoms with Crippen LogP contribution < -0.4 is 10.8 Å². The van der Waals surface area contributed by atoms with E-state index in [9.17, 15) is 4.79 Å². The van der Waals surface area contributed by atoms with Crippen molar-refractivity contribution < 1.29 is 14.7 Å². The normalized spacial score (nSPS) is 15.9. The van der Waals surface area contributed by atoms with E-state index in [4.69, 9.17) is 9.94 Å². The summed E-state index contributed by atoms with van der Waals surface area (Å²) in [5, 5.41) is 13.2. The monoisotopic (exact) mass is 335 g/mol. The summed E-state index contributed by atoms with van der Waals surface area (Å²) in [6.45, 7) is 6.47. The Morgan fingerprint density at radius 2 is 2.13 bits per heavy atom. The van der Waals surface area contributed by atoms with Crippen LogP contribution in [0.4, 0.5) is 0 Å². The van der Waals surface area contributed by atoms with E-state index in [1.54, 1.807) is 5.48 Å². The van der Waals surface area contributed by atoms with E-state index in [2.05, 4.69) is 22.3 Å². The minimum absolute atomic E-state index is 0.462. The number of carbonyl (C=O) groups excluding carboxylic acids is 1. The molecule has 0 radical (unpaired) electrons. The van der Waals surface area contributed by atoms with Crippen LogP contribution in [-0.2, 0) is 11.3 Å². The van der Waals surface area contributed by atoms with Crippen LogP contribution >= 0.6 is 11.3 Å². The Labute approximate surface area is 139 Å². The molecule has 0 bridgehead atoms. The zero-order chi connectivity index (χ0) is 16.1. The molecule has 0 unspecified atom stereocenters. The molecule has 0 atom stereocenters. The molecule has 2 heterocycles. The number of carbonyl (C=O) groups is 1. The molecular weight excluding hydrogens is 314 g/mol. The summed E-state index contributed by atoms with van der Waals surface area (Å²) < 4.78 is 6.38. The highest BCUT2D eigenvalue weighted by molar-refractivity contribution is 7.20. The Morgan fingerprint density at radius 1 is 1.30 bits per heavy atom. The molecule has 7 heteroatoms. The highest BCUT2D eigenvalue weighted by Crippen LogP contribution is 2.26. The number of nitrogens with one attached hydrogen (secondary N) is 2. The van der Waals surface area contributed by atoms with E-state index in [0.29, 0.717) is 4.88 Å². The number of benzene rings is 1. The highest BCUT2D eigenvalue weighted by atomic mass is 32.1. The molecule has 1 aliphatic rings. The van der Waals surface area contributed by atoms with Gasteiger partial charge in [-0.15, -0.1) is 11.3 Å². The first-order chi connectivity index (χ1) is 11.3. The van der Waals surface area contributed by atoms with E-state index in [0.717, 1.165) is 56.0 Å². The van der Waals surface area contributed by atoms with Gasteiger partial charge in [-0.1, -0.05) is 6.07 Å². The second-order valence-electron chi connectivity index (χ2n) is 5.55. The van der Waals surface area contributed by atoms with Gasteiger partial charge < -0.3 is 10.1 Å². The van der Waals surface area contributed by atoms with Gasteiger partial charge in [0.05, 0.1) is 18.1 Å². The quantitative estimate of drug-likeness (QED) is 0.423. The van der Waals surface area contributed by atoms with Crippen molar-refractivity contribution in [3.05, 3.63) is 34.7 Å². The third-order valence-corrected chi connectivity index (χ3v) is 5.06. The molecule has 1 aliphatic heterocycles. The summed E-state index contributed by atoms with van der Waals surface area (Å²) in [5.74, 6) is -0.462. The van der Waals surface area contributed by atoms with E-state index >= 15 is 0 Å². The average Bonchev–Trinajstić information content (AvgIpc) is 3.02. The SMILES string of the molecule is O=C(NO)c1cc2cc(CNCCN3CCOCC3)ccc2s1. The molecule has 0 saturated carbocycles. The summed E-state index contributed by atoms with van der Waals surface area (Å²) in [5.41, 5.74) is 2.86. The number of nitrogens with zero attached hydrogens (tertiary/aromatic N) is 1. The maximum Gasteiger partial charge on any atom is 0.284 e. The number of rotatable bonds is 6. The number of hydrogen-bond acceptors (Lipinski definition) is 6. The largest absolute Gasteiger partial charge is 0.379 e. The van der Waals surface area contributed by atoms with Crippen LogP contribution in [0.3, 0.4) is 0 Å². The average molecular weight is 335 g/mol. The number of ether oxygens (including phenoxy) is 1. The van der Waals surface area contributed by atoms with Gasteiger partial charge in [0.1, 0.15) is 0 Å². The first-order valence-electron chi connectivity index (χ1n) is 7.74. The van der Waals surface area contributed by atoms with Crippen molar-refractivity contribution in [2.45, 2.75) is 6.54 Å². The number of fused-ring (bicyclic) bond motifs is 1. The molecule has 0 spiro atoms. The van der Waals surface area contributed by atoms with Gasteiger partial charge in [0.2, 0.25) is 0 Å². The van der Waals surface area contributed by atoms with Crippen LogP contribution in [0, 0.1) is 0 Å². The van der Waals surface area contributed by atoms with Crippen LogP contribution in [0.1, 0.15) is 15.2 Å². The molecule has 124 valence electrons. The maximum absolute atomic E-state index is 11.5. The second-order valence-corrected chi connectivity index (χ2v) is 6.64. The predicted octanol–water partition coefficient (Wildman–Crippen LogP) is 1.44. The van der Waals surface area contributed by atoms with Crippen molar-refractivity contribution >= 4 is 27.3 Å². The molecule has 2 aromatic rings. The molecule has 3 N–H and O–H groups in total. The first kappa shape index (κ1) is 16.4. The Bertz CT molecular complexity index is 668. The van der Waals surface area contributed by atoms with Gasteiger partial charge in [-0.2, -0.15) is 0 Å². The lowest BCUT2D eigenvalue weighted by Crippen LogP contribution is -2.40. The topological polar surface area (TPSA) is 73.8 Å². The fraction of sp³-hybridized carbons (Fsp3) is 0.438. The Morgan fingerprint density at radius 3 is 2.91 bits per heavy atom. The number of hydroxylamine groups is 1. The predicted molar refractivity (Wildman–Crippen MR) is 90.0 cm³/mol. The molecule has 6 nitrogen and oxygen atoms in total. The third-order valence-electron chi connectivity index (χ3n) is 3.94. The van der Waals surface area contributed by atoms with Gasteiger partial charge in [0, 0.05) is 37.4 Å². The number of amides is 1. The molecule has 3 rings (SSSR count). The molecule has 1 amide bonds. The van der Waals surface area contributed by atoms with Crippen LogP contribution in [0.25, 0.3) is 10.1 Å². The van der Waals surface area contributed by atoms with Gasteiger partial charge in [-0.05, 0) is 29.1 Å². The summed E-state index contributed by atoms with van der Waals surface area (Å²) in [6.07, 6.45) is 0. The van der Waals surface area contributed by atoms with E-state index < -0.39 is 5.91 Å². The summed E-state index contributed by atoms with van der Waals surface area (Å²) in [4.78, 5) is 14.4. The highest BCUT2D eigenvalue weighted by Gasteiger charge is 2.10. The fourth-order valence-electron chi connectivity index (χ4n) is 2.66. The van der Waals surface area contributed by atoms with Crippen LogP contribution in [0.2, 0.25) is 0 Å². The summed E-state index contributed by atoms with van der Waals surface area (Å²) >= 11 is 1.37. The number of morpholine rings is 1. The molecule has 0 aliphatic carbocycles. The zero-order valence-corrected chi connectivity index (χ0v) is 13.7. The Hall–Kier alpha value is -1.51. The first-order valence-corrected chi connectivity index (χ1v) is 8.55. The molecule has 1 aromatic heterocycles. The molecule has 1 fully saturated rings. The molecule has 1 saturated heterocycles. The Kier molecular flexibility index (Phi) is 5.58. The third kappa shape index (κ3) is 4.27. The van der Waals surface area contributed by atoms with Gasteiger partial charge in [-0.25, -0.2) is 5.48 Å². The zero-order valence-electron chi connectivity index (χ0n) is 12.9. The molecular formula is C16H21N3O3S. The minimum Gasteiger partial charge on any atom is -0.379 e. The lowest BCUT2D eigenvalue weighted by molar-refractivity contribution is 0.0384. The molecule has 23 heavy (non-hydrogen) atoms. The Balaban J connectivity index is 1.52. The van der Waals surface area contributed by atoms with Crippen molar-refractivity contribution in [3.63, 3.8) is 0 Å². The smallest absolute Gasteiger partial charge is 0.284 e.